The van der Waals surface area contributed by atoms with Crippen LogP contribution in [0.25, 0.3) is 0 Å². The summed E-state index contributed by atoms with van der Waals surface area (Å²) < 4.78 is 23.7. The Morgan fingerprint density at radius 3 is 2.45 bits per heavy atom. The Morgan fingerprint density at radius 2 is 1.85 bits per heavy atom. The maximum absolute atomic E-state index is 11.4. The van der Waals surface area contributed by atoms with E-state index in [-0.39, 0.29) is 4.90 Å². The lowest BCUT2D eigenvalue weighted by atomic mass is 10.2. The van der Waals surface area contributed by atoms with Gasteiger partial charge in [0, 0.05) is 20.0 Å². The van der Waals surface area contributed by atoms with Crippen molar-refractivity contribution in [1.29, 1.82) is 0 Å². The van der Waals surface area contributed by atoms with Crippen LogP contribution in [0.5, 0.6) is 0 Å². The molecule has 0 aliphatic rings. The van der Waals surface area contributed by atoms with Crippen molar-refractivity contribution < 1.29 is 8.42 Å². The van der Waals surface area contributed by atoms with Crippen LogP contribution in [0.2, 0.25) is 5.02 Å². The Labute approximate surface area is 135 Å². The van der Waals surface area contributed by atoms with E-state index in [0.717, 1.165) is 9.26 Å². The average molecular weight is 424 g/mol. The van der Waals surface area contributed by atoms with Gasteiger partial charge < -0.3 is 11.1 Å². The lowest BCUT2D eigenvalue weighted by Crippen LogP contribution is -2.12. The molecule has 2 aromatic carbocycles. The average Bonchev–Trinajstić information content (AvgIpc) is 2.31. The van der Waals surface area contributed by atoms with Crippen LogP contribution in [0.4, 0.5) is 17.1 Å². The molecule has 0 fully saturated rings. The van der Waals surface area contributed by atoms with E-state index in [1.165, 1.54) is 12.1 Å². The number of nitrogen functional groups attached to an aromatic ring is 1. The number of nitrogens with one attached hydrogen (secondary N) is 1. The highest BCUT2D eigenvalue weighted by Crippen LogP contribution is 2.27. The highest BCUT2D eigenvalue weighted by molar-refractivity contribution is 14.1. The predicted molar refractivity (Wildman–Crippen MR) is 89.7 cm³/mol. The van der Waals surface area contributed by atoms with Crippen LogP contribution in [0.1, 0.15) is 0 Å². The van der Waals surface area contributed by atoms with Gasteiger partial charge in [-0.3, -0.25) is 0 Å². The normalized spacial score (nSPS) is 11.3. The molecule has 0 unspecified atom stereocenters. The molecule has 0 aliphatic heterocycles. The molecule has 0 aromatic heterocycles. The summed E-state index contributed by atoms with van der Waals surface area (Å²) >= 11 is 8.01. The summed E-state index contributed by atoms with van der Waals surface area (Å²) in [6, 6.07) is 9.68. The van der Waals surface area contributed by atoms with Crippen molar-refractivity contribution in [3.05, 3.63) is 45.0 Å². The van der Waals surface area contributed by atoms with E-state index >= 15 is 0 Å². The van der Waals surface area contributed by atoms with E-state index in [1.807, 2.05) is 0 Å². The Hall–Kier alpha value is -1.03. The predicted octanol–water partition coefficient (Wildman–Crippen LogP) is 2.92. The number of nitrogens with two attached hydrogens (primary N) is 2. The zero-order valence-corrected chi connectivity index (χ0v) is 13.8. The lowest BCUT2D eigenvalue weighted by Gasteiger charge is -2.11. The van der Waals surface area contributed by atoms with Crippen molar-refractivity contribution in [2.75, 3.05) is 11.1 Å². The number of sulfonamides is 1. The maximum Gasteiger partial charge on any atom is 0.238 e. The molecule has 5 nitrogen and oxygen atoms in total. The molecule has 0 radical (unpaired) electrons. The summed E-state index contributed by atoms with van der Waals surface area (Å²) in [6.07, 6.45) is 0. The molecule has 2 aromatic rings. The third kappa shape index (κ3) is 3.75. The molecule has 0 saturated carbocycles. The molecule has 2 rings (SSSR count). The fourth-order valence-corrected chi connectivity index (χ4v) is 3.20. The summed E-state index contributed by atoms with van der Waals surface area (Å²) in [7, 11) is -3.80. The number of anilines is 3. The van der Waals surface area contributed by atoms with Crippen LogP contribution in [0.15, 0.2) is 41.3 Å². The van der Waals surface area contributed by atoms with Crippen LogP contribution >= 0.6 is 34.2 Å². The minimum Gasteiger partial charge on any atom is -0.399 e. The van der Waals surface area contributed by atoms with Crippen molar-refractivity contribution >= 4 is 61.3 Å². The molecular formula is C12H11ClIN3O2S. The zero-order chi connectivity index (χ0) is 14.9. The Bertz CT molecular complexity index is 765. The minimum atomic E-state index is -3.80. The van der Waals surface area contributed by atoms with Crippen LogP contribution in [-0.2, 0) is 10.0 Å². The van der Waals surface area contributed by atoms with Gasteiger partial charge in [0.15, 0.2) is 0 Å². The van der Waals surface area contributed by atoms with Gasteiger partial charge in [-0.25, -0.2) is 13.6 Å². The van der Waals surface area contributed by atoms with E-state index in [2.05, 4.69) is 27.9 Å². The number of primary sulfonamides is 1. The van der Waals surface area contributed by atoms with Gasteiger partial charge in [-0.2, -0.15) is 0 Å². The molecule has 0 aliphatic carbocycles. The van der Waals surface area contributed by atoms with Crippen LogP contribution in [-0.4, -0.2) is 8.42 Å². The Morgan fingerprint density at radius 1 is 1.15 bits per heavy atom. The van der Waals surface area contributed by atoms with Crippen molar-refractivity contribution in [3.63, 3.8) is 0 Å². The third-order valence-electron chi connectivity index (χ3n) is 2.47. The van der Waals surface area contributed by atoms with Gasteiger partial charge in [-0.1, -0.05) is 11.6 Å². The number of rotatable bonds is 3. The molecule has 0 bridgehead atoms. The zero-order valence-electron chi connectivity index (χ0n) is 10.1. The molecule has 0 heterocycles. The monoisotopic (exact) mass is 423 g/mol. The van der Waals surface area contributed by atoms with Crippen molar-refractivity contribution in [2.24, 2.45) is 5.14 Å². The summed E-state index contributed by atoms with van der Waals surface area (Å²) in [5.41, 5.74) is 7.33. The van der Waals surface area contributed by atoms with Gasteiger partial charge in [-0.15, -0.1) is 0 Å². The van der Waals surface area contributed by atoms with E-state index in [4.69, 9.17) is 22.5 Å². The Balaban J connectivity index is 2.41. The van der Waals surface area contributed by atoms with Crippen molar-refractivity contribution in [2.45, 2.75) is 4.90 Å². The molecule has 0 atom stereocenters. The molecule has 5 N–H and O–H groups in total. The van der Waals surface area contributed by atoms with Gasteiger partial charge in [-0.05, 0) is 59.0 Å². The van der Waals surface area contributed by atoms with E-state index < -0.39 is 10.0 Å². The first-order valence-electron chi connectivity index (χ1n) is 5.41. The first-order chi connectivity index (χ1) is 9.25. The second kappa shape index (κ2) is 5.76. The standard InChI is InChI=1S/C12H11ClIN3O2S/c13-7-1-2-12(11(14)3-7)17-9-4-8(15)5-10(6-9)20(16,18)19/h1-6,17H,15H2,(H2,16,18,19). The summed E-state index contributed by atoms with van der Waals surface area (Å²) in [5, 5.41) is 8.82. The highest BCUT2D eigenvalue weighted by Gasteiger charge is 2.10. The fourth-order valence-electron chi connectivity index (χ4n) is 1.60. The van der Waals surface area contributed by atoms with Crippen molar-refractivity contribution in [3.8, 4) is 0 Å². The number of halogens is 2. The number of hydrogen-bond donors (Lipinski definition) is 3. The molecule has 0 saturated heterocycles. The first-order valence-corrected chi connectivity index (χ1v) is 8.41. The topological polar surface area (TPSA) is 98.2 Å². The molecular weight excluding hydrogens is 413 g/mol. The number of hydrogen-bond acceptors (Lipinski definition) is 4. The van der Waals surface area contributed by atoms with E-state index in [1.54, 1.807) is 24.3 Å². The van der Waals surface area contributed by atoms with Crippen LogP contribution in [0.3, 0.4) is 0 Å². The molecule has 0 spiro atoms. The molecule has 0 amide bonds. The van der Waals surface area contributed by atoms with Gasteiger partial charge in [0.1, 0.15) is 0 Å². The molecule has 106 valence electrons. The van der Waals surface area contributed by atoms with Gasteiger partial charge >= 0.3 is 0 Å². The van der Waals surface area contributed by atoms with Crippen LogP contribution < -0.4 is 16.2 Å². The quantitative estimate of drug-likeness (QED) is 0.522. The smallest absolute Gasteiger partial charge is 0.238 e. The maximum atomic E-state index is 11.4. The largest absolute Gasteiger partial charge is 0.399 e. The van der Waals surface area contributed by atoms with E-state index in [0.29, 0.717) is 16.4 Å². The van der Waals surface area contributed by atoms with Gasteiger partial charge in [0.05, 0.1) is 10.6 Å². The van der Waals surface area contributed by atoms with Crippen LogP contribution in [0, 0.1) is 3.57 Å². The number of benzene rings is 2. The second-order valence-corrected chi connectivity index (χ2v) is 7.24. The Kier molecular flexibility index (Phi) is 4.43. The lowest BCUT2D eigenvalue weighted by molar-refractivity contribution is 0.598. The van der Waals surface area contributed by atoms with E-state index in [9.17, 15) is 8.42 Å². The van der Waals surface area contributed by atoms with Gasteiger partial charge in [0.2, 0.25) is 10.0 Å². The summed E-state index contributed by atoms with van der Waals surface area (Å²) in [5.74, 6) is 0. The van der Waals surface area contributed by atoms with Crippen molar-refractivity contribution in [1.82, 2.24) is 0 Å². The van der Waals surface area contributed by atoms with Gasteiger partial charge in [0.25, 0.3) is 0 Å². The fraction of sp³-hybridized carbons (Fsp3) is 0. The molecule has 20 heavy (non-hydrogen) atoms. The summed E-state index contributed by atoms with van der Waals surface area (Å²) in [4.78, 5) is -0.0380. The first kappa shape index (κ1) is 15.4. The third-order valence-corrected chi connectivity index (χ3v) is 4.49. The second-order valence-electron chi connectivity index (χ2n) is 4.08. The minimum absolute atomic E-state index is 0.0380. The SMILES string of the molecule is Nc1cc(Nc2ccc(Cl)cc2I)cc(S(N)(=O)=O)c1. The molecule has 8 heteroatoms. The summed E-state index contributed by atoms with van der Waals surface area (Å²) in [6.45, 7) is 0. The highest BCUT2D eigenvalue weighted by atomic mass is 127.